The Kier molecular flexibility index (Phi) is 5.11. The highest BCUT2D eigenvalue weighted by Gasteiger charge is 2.32. The van der Waals surface area contributed by atoms with Crippen molar-refractivity contribution in [1.29, 1.82) is 0 Å². The summed E-state index contributed by atoms with van der Waals surface area (Å²) in [5, 5.41) is 9.78. The molecule has 2 heterocycles. The van der Waals surface area contributed by atoms with Gasteiger partial charge in [-0.25, -0.2) is 18.6 Å². The van der Waals surface area contributed by atoms with Crippen molar-refractivity contribution in [2.24, 2.45) is 0 Å². The van der Waals surface area contributed by atoms with Crippen LogP contribution in [0.4, 0.5) is 19.3 Å². The SMILES string of the molecule is COc1ccc(NC(=O)N2CCC[C@H]2c2nc(-c3ccc(F)cc3)n[nH]2)cc1F. The number of likely N-dealkylation sites (tertiary alicyclic amines) is 1. The van der Waals surface area contributed by atoms with Crippen molar-refractivity contribution in [1.82, 2.24) is 20.1 Å². The van der Waals surface area contributed by atoms with Crippen molar-refractivity contribution in [2.75, 3.05) is 19.0 Å². The van der Waals surface area contributed by atoms with Crippen LogP contribution < -0.4 is 10.1 Å². The van der Waals surface area contributed by atoms with E-state index in [2.05, 4.69) is 20.5 Å². The molecule has 0 radical (unpaired) electrons. The third-order valence-corrected chi connectivity index (χ3v) is 4.84. The molecule has 2 N–H and O–H groups in total. The van der Waals surface area contributed by atoms with Crippen molar-refractivity contribution in [3.05, 3.63) is 59.9 Å². The number of amides is 2. The maximum absolute atomic E-state index is 13.9. The van der Waals surface area contributed by atoms with E-state index in [1.54, 1.807) is 23.1 Å². The van der Waals surface area contributed by atoms with E-state index in [1.807, 2.05) is 0 Å². The molecular weight excluding hydrogens is 380 g/mol. The van der Waals surface area contributed by atoms with Crippen molar-refractivity contribution >= 4 is 11.7 Å². The van der Waals surface area contributed by atoms with Gasteiger partial charge in [0.1, 0.15) is 11.6 Å². The maximum atomic E-state index is 13.9. The van der Waals surface area contributed by atoms with Crippen LogP contribution in [0.1, 0.15) is 24.7 Å². The van der Waals surface area contributed by atoms with Gasteiger partial charge in [-0.1, -0.05) is 0 Å². The molecule has 3 aromatic rings. The number of H-pyrrole nitrogens is 1. The first kappa shape index (κ1) is 18.9. The fourth-order valence-electron chi connectivity index (χ4n) is 3.38. The van der Waals surface area contributed by atoms with Crippen molar-refractivity contribution in [3.63, 3.8) is 0 Å². The average molecular weight is 399 g/mol. The predicted octanol–water partition coefficient (Wildman–Crippen LogP) is 4.13. The Bertz CT molecular complexity index is 1020. The monoisotopic (exact) mass is 399 g/mol. The second-order valence-electron chi connectivity index (χ2n) is 6.68. The summed E-state index contributed by atoms with van der Waals surface area (Å²) in [4.78, 5) is 18.9. The molecule has 1 aliphatic rings. The predicted molar refractivity (Wildman–Crippen MR) is 102 cm³/mol. The Morgan fingerprint density at radius 3 is 2.76 bits per heavy atom. The third-order valence-electron chi connectivity index (χ3n) is 4.84. The molecule has 1 aliphatic heterocycles. The largest absolute Gasteiger partial charge is 0.494 e. The Balaban J connectivity index is 1.49. The summed E-state index contributed by atoms with van der Waals surface area (Å²) in [6, 6.07) is 9.49. The molecule has 7 nitrogen and oxygen atoms in total. The van der Waals surface area contributed by atoms with E-state index < -0.39 is 5.82 Å². The molecule has 0 spiro atoms. The highest BCUT2D eigenvalue weighted by atomic mass is 19.1. The molecule has 1 atom stereocenters. The molecular formula is C20H19F2N5O2. The minimum absolute atomic E-state index is 0.108. The summed E-state index contributed by atoms with van der Waals surface area (Å²) in [6.45, 7) is 0.543. The van der Waals surface area contributed by atoms with Crippen LogP contribution in [0.5, 0.6) is 5.75 Å². The Morgan fingerprint density at radius 1 is 1.24 bits per heavy atom. The molecule has 0 saturated carbocycles. The van der Waals surface area contributed by atoms with Gasteiger partial charge in [0.2, 0.25) is 0 Å². The molecule has 1 fully saturated rings. The van der Waals surface area contributed by atoms with Gasteiger partial charge in [0.25, 0.3) is 0 Å². The number of carbonyl (C=O) groups is 1. The van der Waals surface area contributed by atoms with Crippen molar-refractivity contribution in [3.8, 4) is 17.1 Å². The molecule has 1 saturated heterocycles. The van der Waals surface area contributed by atoms with Gasteiger partial charge in [-0.15, -0.1) is 0 Å². The minimum Gasteiger partial charge on any atom is -0.494 e. The van der Waals surface area contributed by atoms with E-state index in [-0.39, 0.29) is 23.6 Å². The van der Waals surface area contributed by atoms with Crippen LogP contribution in [0.3, 0.4) is 0 Å². The number of carbonyl (C=O) groups excluding carboxylic acids is 1. The maximum Gasteiger partial charge on any atom is 0.322 e. The zero-order valence-electron chi connectivity index (χ0n) is 15.7. The molecule has 1 aromatic heterocycles. The average Bonchev–Trinajstić information content (AvgIpc) is 3.38. The van der Waals surface area contributed by atoms with Crippen LogP contribution in [0.25, 0.3) is 11.4 Å². The van der Waals surface area contributed by atoms with E-state index in [0.29, 0.717) is 29.4 Å². The van der Waals surface area contributed by atoms with Gasteiger partial charge >= 0.3 is 6.03 Å². The van der Waals surface area contributed by atoms with Gasteiger partial charge in [-0.05, 0) is 49.2 Å². The number of aromatic amines is 1. The lowest BCUT2D eigenvalue weighted by Gasteiger charge is -2.23. The number of hydrogen-bond donors (Lipinski definition) is 2. The number of benzene rings is 2. The molecule has 4 rings (SSSR count). The summed E-state index contributed by atoms with van der Waals surface area (Å²) >= 11 is 0. The summed E-state index contributed by atoms with van der Waals surface area (Å²) < 4.78 is 31.9. The fraction of sp³-hybridized carbons (Fsp3) is 0.250. The van der Waals surface area contributed by atoms with Gasteiger partial charge in [0.05, 0.1) is 13.2 Å². The van der Waals surface area contributed by atoms with Gasteiger partial charge in [-0.3, -0.25) is 5.10 Å². The fourth-order valence-corrected chi connectivity index (χ4v) is 3.38. The summed E-state index contributed by atoms with van der Waals surface area (Å²) in [7, 11) is 1.38. The molecule has 2 aromatic carbocycles. The number of urea groups is 1. The van der Waals surface area contributed by atoms with Crippen LogP contribution in [-0.4, -0.2) is 39.8 Å². The van der Waals surface area contributed by atoms with Crippen LogP contribution in [0.2, 0.25) is 0 Å². The van der Waals surface area contributed by atoms with Gasteiger partial charge in [0.15, 0.2) is 17.4 Å². The Labute approximate surface area is 165 Å². The van der Waals surface area contributed by atoms with Crippen molar-refractivity contribution < 1.29 is 18.3 Å². The number of aromatic nitrogens is 3. The number of ether oxygens (including phenoxy) is 1. The molecule has 2 amide bonds. The number of nitrogens with zero attached hydrogens (tertiary/aromatic N) is 3. The van der Waals surface area contributed by atoms with E-state index in [0.717, 1.165) is 12.8 Å². The summed E-state index contributed by atoms with van der Waals surface area (Å²) in [6.07, 6.45) is 1.53. The highest BCUT2D eigenvalue weighted by molar-refractivity contribution is 5.89. The zero-order valence-corrected chi connectivity index (χ0v) is 15.7. The van der Waals surface area contributed by atoms with E-state index in [1.165, 1.54) is 31.4 Å². The molecule has 29 heavy (non-hydrogen) atoms. The highest BCUT2D eigenvalue weighted by Crippen LogP contribution is 2.31. The zero-order chi connectivity index (χ0) is 20.4. The van der Waals surface area contributed by atoms with Gasteiger partial charge in [-0.2, -0.15) is 5.10 Å². The smallest absolute Gasteiger partial charge is 0.322 e. The number of nitrogens with one attached hydrogen (secondary N) is 2. The van der Waals surface area contributed by atoms with Crippen LogP contribution >= 0.6 is 0 Å². The molecule has 150 valence electrons. The quantitative estimate of drug-likeness (QED) is 0.691. The van der Waals surface area contributed by atoms with E-state index in [9.17, 15) is 13.6 Å². The second-order valence-corrected chi connectivity index (χ2v) is 6.68. The first-order valence-corrected chi connectivity index (χ1v) is 9.14. The lowest BCUT2D eigenvalue weighted by Crippen LogP contribution is -2.34. The van der Waals surface area contributed by atoms with Crippen LogP contribution in [0, 0.1) is 11.6 Å². The Hall–Kier alpha value is -3.49. The van der Waals surface area contributed by atoms with E-state index in [4.69, 9.17) is 4.74 Å². The van der Waals surface area contributed by atoms with Crippen LogP contribution in [-0.2, 0) is 0 Å². The van der Waals surface area contributed by atoms with E-state index >= 15 is 0 Å². The molecule has 0 unspecified atom stereocenters. The second kappa shape index (κ2) is 7.86. The molecule has 9 heteroatoms. The van der Waals surface area contributed by atoms with Gasteiger partial charge in [0, 0.05) is 23.9 Å². The standard InChI is InChI=1S/C20H19F2N5O2/c1-29-17-9-8-14(11-15(17)22)23-20(28)27-10-2-3-16(27)19-24-18(25-26-19)12-4-6-13(21)7-5-12/h4-9,11,16H,2-3,10H2,1H3,(H,23,28)(H,24,25,26)/t16-/m0/s1. The number of hydrogen-bond acceptors (Lipinski definition) is 4. The molecule has 0 aliphatic carbocycles. The lowest BCUT2D eigenvalue weighted by molar-refractivity contribution is 0.205. The Morgan fingerprint density at radius 2 is 2.03 bits per heavy atom. The summed E-state index contributed by atoms with van der Waals surface area (Å²) in [5.41, 5.74) is 1.01. The third kappa shape index (κ3) is 3.89. The topological polar surface area (TPSA) is 83.1 Å². The lowest BCUT2D eigenvalue weighted by atomic mass is 10.2. The normalized spacial score (nSPS) is 16.1. The number of halogens is 2. The molecule has 0 bridgehead atoms. The minimum atomic E-state index is -0.553. The summed E-state index contributed by atoms with van der Waals surface area (Å²) in [5.74, 6) is 0.208. The number of rotatable bonds is 4. The number of methoxy groups -OCH3 is 1. The van der Waals surface area contributed by atoms with Gasteiger partial charge < -0.3 is 15.0 Å². The number of anilines is 1. The van der Waals surface area contributed by atoms with Crippen LogP contribution in [0.15, 0.2) is 42.5 Å². The first-order chi connectivity index (χ1) is 14.0. The first-order valence-electron chi connectivity index (χ1n) is 9.14. The van der Waals surface area contributed by atoms with Crippen molar-refractivity contribution in [2.45, 2.75) is 18.9 Å².